The Kier molecular flexibility index (Phi) is 5.33. The van der Waals surface area contributed by atoms with Crippen molar-refractivity contribution in [3.8, 4) is 0 Å². The third-order valence-electron chi connectivity index (χ3n) is 4.23. The van der Waals surface area contributed by atoms with Crippen LogP contribution in [0.15, 0.2) is 54.1 Å². The average molecular weight is 404 g/mol. The van der Waals surface area contributed by atoms with E-state index < -0.39 is 23.6 Å². The van der Waals surface area contributed by atoms with Crippen molar-refractivity contribution < 1.29 is 22.8 Å². The molecular weight excluding hydrogens is 389 g/mol. The van der Waals surface area contributed by atoms with E-state index in [4.69, 9.17) is 12.2 Å². The minimum absolute atomic E-state index is 0.0829. The molecule has 0 spiro atoms. The molecule has 1 heterocycles. The molecule has 1 saturated heterocycles. The van der Waals surface area contributed by atoms with Crippen molar-refractivity contribution in [2.45, 2.75) is 19.5 Å². The van der Waals surface area contributed by atoms with Crippen molar-refractivity contribution in [3.63, 3.8) is 0 Å². The van der Waals surface area contributed by atoms with Gasteiger partial charge in [0.25, 0.3) is 11.8 Å². The molecule has 1 fully saturated rings. The van der Waals surface area contributed by atoms with Crippen LogP contribution in [-0.2, 0) is 22.2 Å². The molecule has 8 heteroatoms. The number of thiocarbonyl (C=S) groups is 1. The molecule has 2 aromatic carbocycles. The number of rotatable bonds is 3. The second-order valence-electron chi connectivity index (χ2n) is 6.10. The number of aryl methyl sites for hydroxylation is 1. The standard InChI is InChI=1S/C20H15F3N2O2S/c1-2-12-6-8-15(9-7-12)25-18(27)16(17(26)24-19(25)28)11-13-4-3-5-14(10-13)20(21,22)23/h3-11H,2H2,1H3,(H,24,26,28). The summed E-state index contributed by atoms with van der Waals surface area (Å²) in [7, 11) is 0. The number of alkyl halides is 3. The number of nitrogens with one attached hydrogen (secondary N) is 1. The molecule has 0 atom stereocenters. The molecule has 4 nitrogen and oxygen atoms in total. The number of benzene rings is 2. The van der Waals surface area contributed by atoms with E-state index in [1.165, 1.54) is 12.1 Å². The first-order valence-electron chi connectivity index (χ1n) is 8.38. The van der Waals surface area contributed by atoms with Gasteiger partial charge in [-0.15, -0.1) is 0 Å². The van der Waals surface area contributed by atoms with Crippen molar-refractivity contribution >= 4 is 40.9 Å². The van der Waals surface area contributed by atoms with Gasteiger partial charge in [-0.3, -0.25) is 19.8 Å². The zero-order valence-corrected chi connectivity index (χ0v) is 15.5. The summed E-state index contributed by atoms with van der Waals surface area (Å²) >= 11 is 5.11. The average Bonchev–Trinajstić information content (AvgIpc) is 2.65. The molecule has 28 heavy (non-hydrogen) atoms. The Hall–Kier alpha value is -3.00. The smallest absolute Gasteiger partial charge is 0.298 e. The van der Waals surface area contributed by atoms with Crippen LogP contribution < -0.4 is 10.2 Å². The van der Waals surface area contributed by atoms with Crippen LogP contribution in [-0.4, -0.2) is 16.9 Å². The van der Waals surface area contributed by atoms with Crippen molar-refractivity contribution in [1.82, 2.24) is 5.32 Å². The van der Waals surface area contributed by atoms with Crippen LogP contribution in [0.1, 0.15) is 23.6 Å². The molecule has 1 aliphatic rings. The van der Waals surface area contributed by atoms with E-state index in [1.54, 1.807) is 12.1 Å². The second-order valence-corrected chi connectivity index (χ2v) is 6.49. The summed E-state index contributed by atoms with van der Waals surface area (Å²) in [6, 6.07) is 11.4. The lowest BCUT2D eigenvalue weighted by Crippen LogP contribution is -2.54. The molecule has 0 saturated carbocycles. The number of hydrogen-bond acceptors (Lipinski definition) is 3. The zero-order chi connectivity index (χ0) is 20.5. The Morgan fingerprint density at radius 1 is 1.11 bits per heavy atom. The highest BCUT2D eigenvalue weighted by molar-refractivity contribution is 7.80. The lowest BCUT2D eigenvalue weighted by molar-refractivity contribution is -0.137. The van der Waals surface area contributed by atoms with Gasteiger partial charge in [0.05, 0.1) is 11.3 Å². The Morgan fingerprint density at radius 3 is 2.39 bits per heavy atom. The van der Waals surface area contributed by atoms with E-state index in [0.717, 1.165) is 35.1 Å². The summed E-state index contributed by atoms with van der Waals surface area (Å²) < 4.78 is 38.7. The minimum atomic E-state index is -4.53. The Balaban J connectivity index is 1.99. The lowest BCUT2D eigenvalue weighted by atomic mass is 10.0. The van der Waals surface area contributed by atoms with Crippen LogP contribution in [0.25, 0.3) is 6.08 Å². The summed E-state index contributed by atoms with van der Waals surface area (Å²) in [5.41, 5.74) is 0.438. The van der Waals surface area contributed by atoms with Crippen LogP contribution in [0.5, 0.6) is 0 Å². The molecule has 0 aromatic heterocycles. The minimum Gasteiger partial charge on any atom is -0.298 e. The van der Waals surface area contributed by atoms with Gasteiger partial charge in [0.15, 0.2) is 5.11 Å². The molecule has 1 N–H and O–H groups in total. The zero-order valence-electron chi connectivity index (χ0n) is 14.7. The predicted octanol–water partition coefficient (Wildman–Crippen LogP) is 4.10. The SMILES string of the molecule is CCc1ccc(N2C(=O)C(=Cc3cccc(C(F)(F)F)c3)C(=O)NC2=S)cc1. The molecule has 3 rings (SSSR count). The summed E-state index contributed by atoms with van der Waals surface area (Å²) in [4.78, 5) is 26.3. The number of carbonyl (C=O) groups excluding carboxylic acids is 2. The summed E-state index contributed by atoms with van der Waals surface area (Å²) in [6.45, 7) is 1.99. The number of anilines is 1. The van der Waals surface area contributed by atoms with Gasteiger partial charge in [-0.05, 0) is 60.1 Å². The van der Waals surface area contributed by atoms with Crippen LogP contribution in [0.3, 0.4) is 0 Å². The summed E-state index contributed by atoms with van der Waals surface area (Å²) in [5, 5.41) is 2.33. The van der Waals surface area contributed by atoms with Crippen molar-refractivity contribution in [2.24, 2.45) is 0 Å². The Morgan fingerprint density at radius 2 is 1.79 bits per heavy atom. The van der Waals surface area contributed by atoms with E-state index in [-0.39, 0.29) is 16.2 Å². The van der Waals surface area contributed by atoms with Crippen LogP contribution >= 0.6 is 12.2 Å². The fraction of sp³-hybridized carbons (Fsp3) is 0.150. The van der Waals surface area contributed by atoms with Crippen molar-refractivity contribution in [1.29, 1.82) is 0 Å². The summed E-state index contributed by atoms with van der Waals surface area (Å²) in [6.07, 6.45) is -2.58. The molecule has 144 valence electrons. The highest BCUT2D eigenvalue weighted by atomic mass is 32.1. The number of hydrogen-bond donors (Lipinski definition) is 1. The van der Waals surface area contributed by atoms with Gasteiger partial charge in [-0.25, -0.2) is 0 Å². The maximum atomic E-state index is 12.9. The van der Waals surface area contributed by atoms with Crippen molar-refractivity contribution in [2.75, 3.05) is 4.90 Å². The normalized spacial score (nSPS) is 16.5. The van der Waals surface area contributed by atoms with Crippen LogP contribution in [0, 0.1) is 0 Å². The monoisotopic (exact) mass is 404 g/mol. The van der Waals surface area contributed by atoms with Crippen LogP contribution in [0.4, 0.5) is 18.9 Å². The quantitative estimate of drug-likeness (QED) is 0.476. The Labute approximate surface area is 164 Å². The van der Waals surface area contributed by atoms with Gasteiger partial charge in [0, 0.05) is 0 Å². The number of carbonyl (C=O) groups is 2. The van der Waals surface area contributed by atoms with Crippen molar-refractivity contribution in [3.05, 3.63) is 70.8 Å². The topological polar surface area (TPSA) is 49.4 Å². The van der Waals surface area contributed by atoms with Crippen LogP contribution in [0.2, 0.25) is 0 Å². The molecule has 0 aliphatic carbocycles. The molecule has 2 amide bonds. The fourth-order valence-electron chi connectivity index (χ4n) is 2.74. The third kappa shape index (κ3) is 3.96. The highest BCUT2D eigenvalue weighted by Gasteiger charge is 2.35. The van der Waals surface area contributed by atoms with Gasteiger partial charge >= 0.3 is 6.18 Å². The molecule has 2 aromatic rings. The molecular formula is C20H15F3N2O2S. The fourth-order valence-corrected chi connectivity index (χ4v) is 3.03. The van der Waals surface area contributed by atoms with E-state index in [1.807, 2.05) is 19.1 Å². The first-order valence-corrected chi connectivity index (χ1v) is 8.79. The molecule has 1 aliphatic heterocycles. The number of amides is 2. The van der Waals surface area contributed by atoms with E-state index in [2.05, 4.69) is 5.32 Å². The highest BCUT2D eigenvalue weighted by Crippen LogP contribution is 2.30. The largest absolute Gasteiger partial charge is 0.416 e. The summed E-state index contributed by atoms with van der Waals surface area (Å²) in [5.74, 6) is -1.45. The number of halogens is 3. The van der Waals surface area contributed by atoms with Gasteiger partial charge in [0.1, 0.15) is 5.57 Å². The van der Waals surface area contributed by atoms with Gasteiger partial charge in [-0.1, -0.05) is 31.2 Å². The van der Waals surface area contributed by atoms with E-state index in [9.17, 15) is 22.8 Å². The predicted molar refractivity (Wildman–Crippen MR) is 103 cm³/mol. The molecule has 0 bridgehead atoms. The molecule has 0 unspecified atom stereocenters. The first-order chi connectivity index (χ1) is 13.2. The number of nitrogens with zero attached hydrogens (tertiary/aromatic N) is 1. The molecule has 0 radical (unpaired) electrons. The second kappa shape index (κ2) is 7.55. The van der Waals surface area contributed by atoms with E-state index >= 15 is 0 Å². The first kappa shape index (κ1) is 19.8. The van der Waals surface area contributed by atoms with Gasteiger partial charge in [-0.2, -0.15) is 13.2 Å². The van der Waals surface area contributed by atoms with Gasteiger partial charge < -0.3 is 0 Å². The maximum Gasteiger partial charge on any atom is 0.416 e. The Bertz CT molecular complexity index is 982. The third-order valence-corrected chi connectivity index (χ3v) is 4.51. The van der Waals surface area contributed by atoms with Gasteiger partial charge in [0.2, 0.25) is 0 Å². The maximum absolute atomic E-state index is 12.9. The lowest BCUT2D eigenvalue weighted by Gasteiger charge is -2.29. The van der Waals surface area contributed by atoms with E-state index in [0.29, 0.717) is 5.69 Å².